The molecule has 0 saturated carbocycles. The Hall–Kier alpha value is -3.25. The first-order valence-corrected chi connectivity index (χ1v) is 10.2. The van der Waals surface area contributed by atoms with Crippen LogP contribution in [0, 0.1) is 6.92 Å². The quantitative estimate of drug-likeness (QED) is 0.460. The molecule has 3 aromatic rings. The van der Waals surface area contributed by atoms with Gasteiger partial charge in [-0.05, 0) is 30.2 Å². The number of hydrogen-bond donors (Lipinski definition) is 2. The van der Waals surface area contributed by atoms with Gasteiger partial charge in [-0.2, -0.15) is 0 Å². The van der Waals surface area contributed by atoms with E-state index in [0.29, 0.717) is 5.75 Å². The first-order chi connectivity index (χ1) is 14.1. The van der Waals surface area contributed by atoms with Crippen LogP contribution in [-0.2, 0) is 9.59 Å². The molecule has 148 valence electrons. The second kappa shape index (κ2) is 10.3. The molecular weight excluding hydrogens is 384 g/mol. The monoisotopic (exact) mass is 406 g/mol. The van der Waals surface area contributed by atoms with Gasteiger partial charge in [0.25, 0.3) is 5.91 Å². The van der Waals surface area contributed by atoms with E-state index in [0.717, 1.165) is 21.6 Å². The van der Waals surface area contributed by atoms with Crippen LogP contribution in [0.4, 0.5) is 0 Å². The van der Waals surface area contributed by atoms with Crippen LogP contribution in [-0.4, -0.2) is 24.2 Å². The minimum Gasteiger partial charge on any atom is -0.483 e. The molecule has 5 nitrogen and oxygen atoms in total. The van der Waals surface area contributed by atoms with E-state index in [1.165, 1.54) is 11.8 Å². The molecule has 0 aliphatic heterocycles. The number of hydrogen-bond acceptors (Lipinski definition) is 4. The van der Waals surface area contributed by atoms with Crippen LogP contribution in [0.3, 0.4) is 0 Å². The van der Waals surface area contributed by atoms with Crippen molar-refractivity contribution in [2.45, 2.75) is 11.8 Å². The van der Waals surface area contributed by atoms with Gasteiger partial charge in [0.1, 0.15) is 5.75 Å². The first kappa shape index (κ1) is 20.5. The lowest BCUT2D eigenvalue weighted by atomic mass is 10.1. The van der Waals surface area contributed by atoms with Crippen molar-refractivity contribution < 1.29 is 14.3 Å². The maximum atomic E-state index is 12.0. The zero-order valence-corrected chi connectivity index (χ0v) is 16.9. The number of rotatable bonds is 7. The third-order valence-corrected chi connectivity index (χ3v) is 5.30. The van der Waals surface area contributed by atoms with Gasteiger partial charge in [-0.1, -0.05) is 66.7 Å². The van der Waals surface area contributed by atoms with Gasteiger partial charge in [0, 0.05) is 10.5 Å². The standard InChI is InChI=1S/C23H22N2O3S/c1-17-9-5-8-14-21(17)29-16-23(27)25-24-22(26)15-28-20-13-7-6-12-19(20)18-10-3-2-4-11-18/h2-14H,15-16H2,1H3,(H,24,26)(H,25,27). The molecule has 0 aliphatic rings. The van der Waals surface area contributed by atoms with Crippen molar-refractivity contribution in [3.05, 3.63) is 84.4 Å². The van der Waals surface area contributed by atoms with Crippen molar-refractivity contribution >= 4 is 23.6 Å². The number of hydrazine groups is 1. The zero-order valence-electron chi connectivity index (χ0n) is 16.1. The summed E-state index contributed by atoms with van der Waals surface area (Å²) in [5.41, 5.74) is 7.82. The lowest BCUT2D eigenvalue weighted by Crippen LogP contribution is -2.44. The van der Waals surface area contributed by atoms with Crippen LogP contribution < -0.4 is 15.6 Å². The molecule has 0 spiro atoms. The van der Waals surface area contributed by atoms with E-state index in [4.69, 9.17) is 4.74 Å². The summed E-state index contributed by atoms with van der Waals surface area (Å²) in [5, 5.41) is 0. The molecule has 3 aromatic carbocycles. The molecule has 0 fully saturated rings. The highest BCUT2D eigenvalue weighted by Crippen LogP contribution is 2.29. The third-order valence-electron chi connectivity index (χ3n) is 4.12. The number of aryl methyl sites for hydroxylation is 1. The molecule has 2 N–H and O–H groups in total. The van der Waals surface area contributed by atoms with Crippen molar-refractivity contribution in [2.24, 2.45) is 0 Å². The maximum absolute atomic E-state index is 12.0. The van der Waals surface area contributed by atoms with Gasteiger partial charge in [0.05, 0.1) is 5.75 Å². The number of amides is 2. The second-order valence-electron chi connectivity index (χ2n) is 6.30. The molecule has 0 radical (unpaired) electrons. The number of carbonyl (C=O) groups excluding carboxylic acids is 2. The van der Waals surface area contributed by atoms with Gasteiger partial charge in [0.15, 0.2) is 6.61 Å². The number of ether oxygens (including phenoxy) is 1. The summed E-state index contributed by atoms with van der Waals surface area (Å²) < 4.78 is 5.66. The van der Waals surface area contributed by atoms with Crippen LogP contribution in [0.25, 0.3) is 11.1 Å². The fourth-order valence-electron chi connectivity index (χ4n) is 2.67. The van der Waals surface area contributed by atoms with E-state index in [1.807, 2.05) is 85.8 Å². The van der Waals surface area contributed by atoms with Gasteiger partial charge >= 0.3 is 0 Å². The van der Waals surface area contributed by atoms with E-state index in [-0.39, 0.29) is 18.3 Å². The molecule has 29 heavy (non-hydrogen) atoms. The molecule has 0 saturated heterocycles. The third kappa shape index (κ3) is 6.12. The number of para-hydroxylation sites is 1. The van der Waals surface area contributed by atoms with Crippen molar-refractivity contribution in [3.8, 4) is 16.9 Å². The fraction of sp³-hybridized carbons (Fsp3) is 0.130. The van der Waals surface area contributed by atoms with Crippen LogP contribution in [0.1, 0.15) is 5.56 Å². The van der Waals surface area contributed by atoms with E-state index < -0.39 is 5.91 Å². The Bertz CT molecular complexity index is 977. The summed E-state index contributed by atoms with van der Waals surface area (Å²) in [6.45, 7) is 1.79. The van der Waals surface area contributed by atoms with Gasteiger partial charge in [-0.3, -0.25) is 20.4 Å². The highest BCUT2D eigenvalue weighted by molar-refractivity contribution is 8.00. The summed E-state index contributed by atoms with van der Waals surface area (Å²) in [6, 6.07) is 25.2. The van der Waals surface area contributed by atoms with E-state index in [1.54, 1.807) is 0 Å². The smallest absolute Gasteiger partial charge is 0.276 e. The molecule has 6 heteroatoms. The normalized spacial score (nSPS) is 10.2. The van der Waals surface area contributed by atoms with Crippen LogP contribution in [0.15, 0.2) is 83.8 Å². The predicted octanol–water partition coefficient (Wildman–Crippen LogP) is 3.98. The highest BCUT2D eigenvalue weighted by atomic mass is 32.2. The van der Waals surface area contributed by atoms with E-state index in [2.05, 4.69) is 10.9 Å². The topological polar surface area (TPSA) is 67.4 Å². The minimum absolute atomic E-state index is 0.199. The molecule has 0 unspecified atom stereocenters. The number of thioether (sulfide) groups is 1. The summed E-state index contributed by atoms with van der Waals surface area (Å²) in [7, 11) is 0. The predicted molar refractivity (Wildman–Crippen MR) is 116 cm³/mol. The Morgan fingerprint density at radius 2 is 1.48 bits per heavy atom. The molecule has 0 aromatic heterocycles. The molecule has 0 heterocycles. The molecular formula is C23H22N2O3S. The largest absolute Gasteiger partial charge is 0.483 e. The Morgan fingerprint density at radius 3 is 2.28 bits per heavy atom. The lowest BCUT2D eigenvalue weighted by molar-refractivity contribution is -0.128. The minimum atomic E-state index is -0.429. The maximum Gasteiger partial charge on any atom is 0.276 e. The van der Waals surface area contributed by atoms with Gasteiger partial charge in [-0.25, -0.2) is 0 Å². The van der Waals surface area contributed by atoms with Crippen molar-refractivity contribution in [2.75, 3.05) is 12.4 Å². The van der Waals surface area contributed by atoms with Crippen LogP contribution in [0.5, 0.6) is 5.75 Å². The fourth-order valence-corrected chi connectivity index (χ4v) is 3.49. The average Bonchev–Trinajstić information content (AvgIpc) is 2.76. The van der Waals surface area contributed by atoms with Gasteiger partial charge in [-0.15, -0.1) is 11.8 Å². The van der Waals surface area contributed by atoms with Crippen molar-refractivity contribution in [1.82, 2.24) is 10.9 Å². The van der Waals surface area contributed by atoms with Gasteiger partial charge in [0.2, 0.25) is 5.91 Å². The Labute approximate surface area is 174 Å². The Balaban J connectivity index is 1.46. The average molecular weight is 407 g/mol. The summed E-state index contributed by atoms with van der Waals surface area (Å²) in [6.07, 6.45) is 0. The van der Waals surface area contributed by atoms with Crippen LogP contribution >= 0.6 is 11.8 Å². The van der Waals surface area contributed by atoms with Gasteiger partial charge < -0.3 is 4.74 Å². The number of carbonyl (C=O) groups is 2. The second-order valence-corrected chi connectivity index (χ2v) is 7.32. The SMILES string of the molecule is Cc1ccccc1SCC(=O)NNC(=O)COc1ccccc1-c1ccccc1. The molecule has 0 atom stereocenters. The van der Waals surface area contributed by atoms with Crippen molar-refractivity contribution in [1.29, 1.82) is 0 Å². The zero-order chi connectivity index (χ0) is 20.5. The lowest BCUT2D eigenvalue weighted by Gasteiger charge is -2.12. The highest BCUT2D eigenvalue weighted by Gasteiger charge is 2.10. The molecule has 2 amide bonds. The first-order valence-electron chi connectivity index (χ1n) is 9.17. The number of nitrogens with one attached hydrogen (secondary N) is 2. The van der Waals surface area contributed by atoms with Crippen LogP contribution in [0.2, 0.25) is 0 Å². The van der Waals surface area contributed by atoms with E-state index in [9.17, 15) is 9.59 Å². The summed E-state index contributed by atoms with van der Waals surface area (Å²) in [5.74, 6) is 0.108. The van der Waals surface area contributed by atoms with E-state index >= 15 is 0 Å². The Kier molecular flexibility index (Phi) is 7.30. The van der Waals surface area contributed by atoms with Crippen molar-refractivity contribution in [3.63, 3.8) is 0 Å². The summed E-state index contributed by atoms with van der Waals surface area (Å²) in [4.78, 5) is 25.0. The number of benzene rings is 3. The summed E-state index contributed by atoms with van der Waals surface area (Å²) >= 11 is 1.42. The molecule has 3 rings (SSSR count). The molecule has 0 bridgehead atoms. The Morgan fingerprint density at radius 1 is 0.828 bits per heavy atom. The molecule has 0 aliphatic carbocycles.